The highest BCUT2D eigenvalue weighted by Crippen LogP contribution is 2.30. The van der Waals surface area contributed by atoms with Crippen molar-refractivity contribution >= 4 is 23.1 Å². The first-order valence-corrected chi connectivity index (χ1v) is 12.7. The Morgan fingerprint density at radius 3 is 2.39 bits per heavy atom. The average molecular weight is 571 g/mol. The lowest BCUT2D eigenvalue weighted by atomic mass is 9.99. The number of carbonyl (C=O) groups is 1. The number of hydrogen-bond acceptors (Lipinski definition) is 12. The molecule has 1 heterocycles. The zero-order valence-electron chi connectivity index (χ0n) is 21.7. The van der Waals surface area contributed by atoms with Crippen molar-refractivity contribution in [1.82, 2.24) is 0 Å². The van der Waals surface area contributed by atoms with Gasteiger partial charge in [-0.05, 0) is 40.8 Å². The van der Waals surface area contributed by atoms with E-state index in [1.165, 1.54) is 30.3 Å². The van der Waals surface area contributed by atoms with E-state index < -0.39 is 48.5 Å². The number of phenolic OH excluding ortho intramolecular Hbond substituents is 2. The number of hydrogen-bond donors (Lipinski definition) is 7. The summed E-state index contributed by atoms with van der Waals surface area (Å²) in [6.45, 7) is -0.451. The first kappa shape index (κ1) is 29.8. The fraction of sp³-hybridized carbons (Fsp3) is 0.310. The number of carbonyl (C=O) groups excluding carboxylic acids is 1. The Labute approximate surface area is 233 Å². The van der Waals surface area contributed by atoms with Crippen molar-refractivity contribution in [2.75, 3.05) is 13.2 Å². The first-order chi connectivity index (χ1) is 19.6. The highest BCUT2D eigenvalue weighted by molar-refractivity contribution is 5.90. The molecule has 5 unspecified atom stereocenters. The van der Waals surface area contributed by atoms with Crippen molar-refractivity contribution in [3.63, 3.8) is 0 Å². The Kier molecular flexibility index (Phi) is 9.42. The topological polar surface area (TPSA) is 203 Å². The summed E-state index contributed by atoms with van der Waals surface area (Å²) < 4.78 is 16.5. The molecule has 1 saturated heterocycles. The van der Waals surface area contributed by atoms with Gasteiger partial charge in [-0.1, -0.05) is 24.3 Å². The molecule has 1 aliphatic rings. The summed E-state index contributed by atoms with van der Waals surface area (Å²) in [5.74, 6) is -0.621. The van der Waals surface area contributed by atoms with Crippen molar-refractivity contribution in [3.8, 4) is 23.0 Å². The third kappa shape index (κ3) is 6.59. The molecule has 0 spiro atoms. The van der Waals surface area contributed by atoms with E-state index in [0.717, 1.165) is 6.26 Å². The smallest absolute Gasteiger partial charge is 0.231 e. The zero-order chi connectivity index (χ0) is 29.7. The number of benzene rings is 2. The van der Waals surface area contributed by atoms with Crippen LogP contribution in [-0.4, -0.2) is 86.0 Å². The van der Waals surface area contributed by atoms with Gasteiger partial charge >= 0.3 is 0 Å². The summed E-state index contributed by atoms with van der Waals surface area (Å²) in [5.41, 5.74) is 0.579. The first-order valence-electron chi connectivity index (χ1n) is 12.7. The van der Waals surface area contributed by atoms with Crippen molar-refractivity contribution in [3.05, 3.63) is 75.6 Å². The third-order valence-corrected chi connectivity index (χ3v) is 6.69. The van der Waals surface area contributed by atoms with Crippen LogP contribution in [0.3, 0.4) is 0 Å². The van der Waals surface area contributed by atoms with E-state index in [0.29, 0.717) is 22.8 Å². The highest BCUT2D eigenvalue weighted by atomic mass is 16.6. The molecule has 0 bridgehead atoms. The lowest BCUT2D eigenvalue weighted by Gasteiger charge is -2.37. The van der Waals surface area contributed by atoms with Crippen LogP contribution in [0.4, 0.5) is 0 Å². The Hall–Kier alpha value is -4.20. The molecule has 5 atom stereocenters. The average Bonchev–Trinajstić information content (AvgIpc) is 3.08. The van der Waals surface area contributed by atoms with Crippen LogP contribution in [0.15, 0.2) is 53.5 Å². The van der Waals surface area contributed by atoms with Gasteiger partial charge in [0.1, 0.15) is 43.1 Å². The normalized spacial score (nSPS) is 22.6. The van der Waals surface area contributed by atoms with E-state index in [1.54, 1.807) is 18.2 Å². The van der Waals surface area contributed by atoms with Crippen LogP contribution in [-0.2, 0) is 22.4 Å². The molecule has 4 rings (SSSR count). The summed E-state index contributed by atoms with van der Waals surface area (Å²) in [6, 6.07) is 10.7. The van der Waals surface area contributed by atoms with E-state index in [1.807, 2.05) is 0 Å². The van der Waals surface area contributed by atoms with Gasteiger partial charge in [0.2, 0.25) is 5.43 Å². The molecule has 0 radical (unpaired) electrons. The lowest BCUT2D eigenvalue weighted by molar-refractivity contribution is -0.285. The number of fused-ring (bicyclic) bond motifs is 1. The Bertz CT molecular complexity index is 1490. The van der Waals surface area contributed by atoms with E-state index in [-0.39, 0.29) is 47.6 Å². The number of rotatable bonds is 10. The number of aromatic hydroxyl groups is 2. The minimum Gasteiger partial charge on any atom is -0.516 e. The Balaban J connectivity index is 1.65. The van der Waals surface area contributed by atoms with Crippen LogP contribution in [0, 0.1) is 0 Å². The lowest BCUT2D eigenvalue weighted by Crippen LogP contribution is -2.58. The van der Waals surface area contributed by atoms with Crippen LogP contribution in [0.5, 0.6) is 23.0 Å². The number of phenols is 2. The predicted octanol–water partition coefficient (Wildman–Crippen LogP) is 0.681. The van der Waals surface area contributed by atoms with Crippen LogP contribution in [0.25, 0.3) is 16.8 Å². The highest BCUT2D eigenvalue weighted by Gasteiger charge is 2.43. The van der Waals surface area contributed by atoms with Crippen molar-refractivity contribution < 1.29 is 54.8 Å². The largest absolute Gasteiger partial charge is 0.516 e. The van der Waals surface area contributed by atoms with E-state index in [9.17, 15) is 40.2 Å². The van der Waals surface area contributed by atoms with E-state index in [2.05, 4.69) is 0 Å². The molecular formula is C29H30O12. The number of aliphatic hydroxyl groups excluding tert-OH is 5. The number of aldehydes is 1. The van der Waals surface area contributed by atoms with Gasteiger partial charge in [0.25, 0.3) is 0 Å². The van der Waals surface area contributed by atoms with Gasteiger partial charge in [0.15, 0.2) is 23.5 Å². The van der Waals surface area contributed by atoms with Gasteiger partial charge in [-0.25, -0.2) is 0 Å². The fourth-order valence-electron chi connectivity index (χ4n) is 4.48. The maximum absolute atomic E-state index is 13.5. The van der Waals surface area contributed by atoms with Gasteiger partial charge < -0.3 is 54.8 Å². The summed E-state index contributed by atoms with van der Waals surface area (Å²) in [6.07, 6.45) is -5.31. The molecule has 3 aromatic carbocycles. The maximum Gasteiger partial charge on any atom is 0.231 e. The fourth-order valence-corrected chi connectivity index (χ4v) is 4.48. The van der Waals surface area contributed by atoms with E-state index >= 15 is 0 Å². The van der Waals surface area contributed by atoms with Gasteiger partial charge in [0.05, 0.1) is 18.3 Å². The van der Waals surface area contributed by atoms with Gasteiger partial charge in [-0.15, -0.1) is 0 Å². The molecule has 1 fully saturated rings. The minimum atomic E-state index is -1.80. The molecule has 12 nitrogen and oxygen atoms in total. The second kappa shape index (κ2) is 13.0. The molecular weight excluding hydrogens is 540 g/mol. The Morgan fingerprint density at radius 1 is 0.902 bits per heavy atom. The molecule has 3 aromatic rings. The molecule has 218 valence electrons. The Morgan fingerprint density at radius 2 is 1.68 bits per heavy atom. The summed E-state index contributed by atoms with van der Waals surface area (Å²) >= 11 is 0. The van der Waals surface area contributed by atoms with Crippen LogP contribution in [0.2, 0.25) is 0 Å². The SMILES string of the molecule is O=CCc1ccc2cc(CCOc3ccc(/C=C/O)cc3O)cc(OCC3OC(O)C(O)C(O)C3O)c(=O)c2c1O. The summed E-state index contributed by atoms with van der Waals surface area (Å²) in [4.78, 5) is 24.6. The van der Waals surface area contributed by atoms with Gasteiger partial charge in [-0.3, -0.25) is 4.79 Å². The molecule has 7 N–H and O–H groups in total. The molecule has 0 saturated carbocycles. The second-order valence-electron chi connectivity index (χ2n) is 9.45. The maximum atomic E-state index is 13.5. The monoisotopic (exact) mass is 570 g/mol. The summed E-state index contributed by atoms with van der Waals surface area (Å²) in [7, 11) is 0. The molecule has 0 aliphatic carbocycles. The predicted molar refractivity (Wildman–Crippen MR) is 145 cm³/mol. The van der Waals surface area contributed by atoms with Crippen LogP contribution >= 0.6 is 0 Å². The van der Waals surface area contributed by atoms with Gasteiger partial charge in [-0.2, -0.15) is 0 Å². The van der Waals surface area contributed by atoms with E-state index in [4.69, 9.17) is 19.3 Å². The molecule has 12 heteroatoms. The van der Waals surface area contributed by atoms with Crippen LogP contribution in [0.1, 0.15) is 16.7 Å². The second-order valence-corrected chi connectivity index (χ2v) is 9.45. The molecule has 0 aromatic heterocycles. The van der Waals surface area contributed by atoms with Crippen molar-refractivity contribution in [2.45, 2.75) is 43.5 Å². The minimum absolute atomic E-state index is 0.0534. The molecule has 0 amide bonds. The standard InChI is InChI=1S/C29H30O12/c30-8-5-15-1-4-20(19(32)12-15)39-10-7-16-11-18-3-2-17(6-9-31)24(33)23(18)25(34)21(13-16)40-14-22-26(35)27(36)28(37)29(38)41-22/h1-5,8-9,11-13,22,26-30,32-33,35-38H,6-7,10,14H2/b8-5+. The third-order valence-electron chi connectivity index (χ3n) is 6.69. The summed E-state index contributed by atoms with van der Waals surface area (Å²) in [5, 5.41) is 69.9. The van der Waals surface area contributed by atoms with Gasteiger partial charge in [0, 0.05) is 18.4 Å². The number of aliphatic hydroxyl groups is 5. The van der Waals surface area contributed by atoms with Crippen LogP contribution < -0.4 is 14.9 Å². The molecule has 41 heavy (non-hydrogen) atoms. The van der Waals surface area contributed by atoms with Crippen molar-refractivity contribution in [1.29, 1.82) is 0 Å². The van der Waals surface area contributed by atoms with Crippen molar-refractivity contribution in [2.24, 2.45) is 0 Å². The zero-order valence-corrected chi connectivity index (χ0v) is 21.7. The molecule has 1 aliphatic heterocycles. The number of ether oxygens (including phenoxy) is 3. The quantitative estimate of drug-likeness (QED) is 0.133.